The molecule has 1 saturated carbocycles. The Balaban J connectivity index is 2.53. The van der Waals surface area contributed by atoms with Crippen LogP contribution in [0.25, 0.3) is 0 Å². The van der Waals surface area contributed by atoms with Gasteiger partial charge in [-0.1, -0.05) is 13.8 Å². The second-order valence-electron chi connectivity index (χ2n) is 4.82. The number of carbonyl (C=O) groups excluding carboxylic acids is 2. The number of hydrogen-bond donors (Lipinski definition) is 3. The normalized spacial score (nSPS) is 23.2. The minimum atomic E-state index is -1.24. The topological polar surface area (TPSA) is 109 Å². The molecule has 4 N–H and O–H groups in total. The minimum Gasteiger partial charge on any atom is -0.480 e. The van der Waals surface area contributed by atoms with Crippen LogP contribution >= 0.6 is 0 Å². The van der Waals surface area contributed by atoms with Gasteiger partial charge in [-0.2, -0.15) is 0 Å². The van der Waals surface area contributed by atoms with Gasteiger partial charge in [0.15, 0.2) is 0 Å². The predicted molar refractivity (Wildman–Crippen MR) is 55.3 cm³/mol. The van der Waals surface area contributed by atoms with Gasteiger partial charge in [0.1, 0.15) is 6.04 Å². The molecule has 0 heterocycles. The van der Waals surface area contributed by atoms with Crippen LogP contribution in [-0.2, 0) is 14.4 Å². The van der Waals surface area contributed by atoms with Crippen molar-refractivity contribution in [3.63, 3.8) is 0 Å². The van der Waals surface area contributed by atoms with Gasteiger partial charge in [-0.05, 0) is 11.8 Å². The van der Waals surface area contributed by atoms with Crippen molar-refractivity contribution in [3.8, 4) is 0 Å². The Morgan fingerprint density at radius 3 is 2.31 bits per heavy atom. The Morgan fingerprint density at radius 2 is 2.00 bits per heavy atom. The summed E-state index contributed by atoms with van der Waals surface area (Å²) in [7, 11) is 0. The van der Waals surface area contributed by atoms with Crippen molar-refractivity contribution in [3.05, 3.63) is 0 Å². The summed E-state index contributed by atoms with van der Waals surface area (Å²) in [5.41, 5.74) is 4.83. The molecule has 1 aliphatic carbocycles. The maximum atomic E-state index is 11.6. The number of carbonyl (C=O) groups is 3. The van der Waals surface area contributed by atoms with E-state index >= 15 is 0 Å². The predicted octanol–water partition coefficient (Wildman–Crippen LogP) is -0.523. The number of hydrogen-bond acceptors (Lipinski definition) is 3. The molecule has 16 heavy (non-hydrogen) atoms. The third kappa shape index (κ3) is 2.95. The van der Waals surface area contributed by atoms with Gasteiger partial charge in [-0.15, -0.1) is 0 Å². The lowest BCUT2D eigenvalue weighted by molar-refractivity contribution is -0.143. The van der Waals surface area contributed by atoms with Crippen molar-refractivity contribution < 1.29 is 19.5 Å². The highest BCUT2D eigenvalue weighted by molar-refractivity contribution is 5.90. The van der Waals surface area contributed by atoms with E-state index in [1.165, 1.54) is 0 Å². The van der Waals surface area contributed by atoms with Gasteiger partial charge in [0.25, 0.3) is 0 Å². The Kier molecular flexibility index (Phi) is 3.21. The third-order valence-corrected chi connectivity index (χ3v) is 2.85. The number of aliphatic carboxylic acids is 1. The minimum absolute atomic E-state index is 0.0696. The first-order valence-electron chi connectivity index (χ1n) is 5.05. The van der Waals surface area contributed by atoms with Crippen molar-refractivity contribution in [2.45, 2.75) is 32.7 Å². The molecule has 1 aliphatic rings. The fourth-order valence-electron chi connectivity index (χ4n) is 1.59. The molecular weight excluding hydrogens is 212 g/mol. The van der Waals surface area contributed by atoms with Gasteiger partial charge in [0.05, 0.1) is 6.42 Å². The first-order chi connectivity index (χ1) is 7.24. The lowest BCUT2D eigenvalue weighted by Gasteiger charge is -2.13. The summed E-state index contributed by atoms with van der Waals surface area (Å²) in [6.45, 7) is 3.86. The second kappa shape index (κ2) is 4.11. The molecule has 0 aromatic rings. The quantitative estimate of drug-likeness (QED) is 0.588. The van der Waals surface area contributed by atoms with E-state index in [2.05, 4.69) is 5.32 Å². The van der Waals surface area contributed by atoms with Crippen LogP contribution in [0, 0.1) is 11.3 Å². The number of primary amides is 1. The summed E-state index contributed by atoms with van der Waals surface area (Å²) in [6, 6.07) is -1.22. The Morgan fingerprint density at radius 1 is 1.50 bits per heavy atom. The van der Waals surface area contributed by atoms with E-state index in [1.54, 1.807) is 0 Å². The first kappa shape index (κ1) is 12.5. The zero-order valence-corrected chi connectivity index (χ0v) is 9.32. The molecule has 1 fully saturated rings. The number of amides is 2. The summed E-state index contributed by atoms with van der Waals surface area (Å²) in [5.74, 6) is -2.48. The number of carboxylic acids is 1. The molecule has 6 nitrogen and oxygen atoms in total. The molecular formula is C10H16N2O4. The zero-order chi connectivity index (χ0) is 12.5. The molecule has 0 aromatic carbocycles. The Bertz CT molecular complexity index is 338. The van der Waals surface area contributed by atoms with E-state index in [0.29, 0.717) is 0 Å². The molecule has 90 valence electrons. The van der Waals surface area contributed by atoms with E-state index in [1.807, 2.05) is 13.8 Å². The average molecular weight is 228 g/mol. The standard InChI is InChI=1S/C10H16N2O4/c1-10(2)4-5(10)8(14)12-6(9(15)16)3-7(11)13/h5-6H,3-4H2,1-2H3,(H2,11,13)(H,12,14)(H,15,16). The van der Waals surface area contributed by atoms with E-state index in [-0.39, 0.29) is 23.7 Å². The molecule has 2 atom stereocenters. The molecule has 1 rings (SSSR count). The van der Waals surface area contributed by atoms with E-state index in [4.69, 9.17) is 10.8 Å². The summed E-state index contributed by atoms with van der Waals surface area (Å²) < 4.78 is 0. The van der Waals surface area contributed by atoms with Crippen molar-refractivity contribution >= 4 is 17.8 Å². The third-order valence-electron chi connectivity index (χ3n) is 2.85. The van der Waals surface area contributed by atoms with Gasteiger partial charge in [0, 0.05) is 5.92 Å². The summed E-state index contributed by atoms with van der Waals surface area (Å²) in [6.07, 6.45) is 0.357. The summed E-state index contributed by atoms with van der Waals surface area (Å²) >= 11 is 0. The van der Waals surface area contributed by atoms with Crippen molar-refractivity contribution in [2.24, 2.45) is 17.1 Å². The monoisotopic (exact) mass is 228 g/mol. The molecule has 0 bridgehead atoms. The van der Waals surface area contributed by atoms with Crippen LogP contribution in [0.4, 0.5) is 0 Å². The number of nitrogens with one attached hydrogen (secondary N) is 1. The van der Waals surface area contributed by atoms with E-state index in [0.717, 1.165) is 6.42 Å². The van der Waals surface area contributed by atoms with Gasteiger partial charge in [0.2, 0.25) is 11.8 Å². The van der Waals surface area contributed by atoms with Crippen molar-refractivity contribution in [1.82, 2.24) is 5.32 Å². The van der Waals surface area contributed by atoms with Crippen molar-refractivity contribution in [1.29, 1.82) is 0 Å². The van der Waals surface area contributed by atoms with Gasteiger partial charge < -0.3 is 16.2 Å². The van der Waals surface area contributed by atoms with Crippen LogP contribution in [0.1, 0.15) is 26.7 Å². The fourth-order valence-corrected chi connectivity index (χ4v) is 1.59. The van der Waals surface area contributed by atoms with Crippen LogP contribution in [0.5, 0.6) is 0 Å². The molecule has 2 unspecified atom stereocenters. The maximum absolute atomic E-state index is 11.6. The molecule has 0 aromatic heterocycles. The largest absolute Gasteiger partial charge is 0.480 e. The van der Waals surface area contributed by atoms with E-state index < -0.39 is 17.9 Å². The van der Waals surface area contributed by atoms with Crippen LogP contribution in [0.15, 0.2) is 0 Å². The van der Waals surface area contributed by atoms with Gasteiger partial charge in [-0.3, -0.25) is 9.59 Å². The molecule has 0 saturated heterocycles. The van der Waals surface area contributed by atoms with Crippen LogP contribution in [0.2, 0.25) is 0 Å². The highest BCUT2D eigenvalue weighted by Crippen LogP contribution is 2.51. The number of rotatable bonds is 5. The second-order valence-corrected chi connectivity index (χ2v) is 4.82. The zero-order valence-electron chi connectivity index (χ0n) is 9.32. The average Bonchev–Trinajstić information content (AvgIpc) is 2.73. The van der Waals surface area contributed by atoms with Gasteiger partial charge >= 0.3 is 5.97 Å². The summed E-state index contributed by atoms with van der Waals surface area (Å²) in [4.78, 5) is 33.0. The van der Waals surface area contributed by atoms with Crippen molar-refractivity contribution in [2.75, 3.05) is 0 Å². The van der Waals surface area contributed by atoms with E-state index in [9.17, 15) is 14.4 Å². The fraction of sp³-hybridized carbons (Fsp3) is 0.700. The summed E-state index contributed by atoms with van der Waals surface area (Å²) in [5, 5.41) is 11.1. The molecule has 0 aliphatic heterocycles. The molecule has 0 spiro atoms. The molecule has 6 heteroatoms. The highest BCUT2D eigenvalue weighted by atomic mass is 16.4. The molecule has 0 radical (unpaired) electrons. The van der Waals surface area contributed by atoms with Crippen LogP contribution in [0.3, 0.4) is 0 Å². The Labute approximate surface area is 93.2 Å². The highest BCUT2D eigenvalue weighted by Gasteiger charge is 2.51. The maximum Gasteiger partial charge on any atom is 0.326 e. The lowest BCUT2D eigenvalue weighted by atomic mass is 10.1. The lowest BCUT2D eigenvalue weighted by Crippen LogP contribution is -2.44. The smallest absolute Gasteiger partial charge is 0.326 e. The SMILES string of the molecule is CC1(C)CC1C(=O)NC(CC(N)=O)C(=O)O. The number of nitrogens with two attached hydrogens (primary N) is 1. The Hall–Kier alpha value is -1.59. The molecule has 2 amide bonds. The van der Waals surface area contributed by atoms with Crippen LogP contribution < -0.4 is 11.1 Å². The van der Waals surface area contributed by atoms with Gasteiger partial charge in [-0.25, -0.2) is 4.79 Å². The first-order valence-corrected chi connectivity index (χ1v) is 5.05. The van der Waals surface area contributed by atoms with Crippen LogP contribution in [-0.4, -0.2) is 28.9 Å². The number of carboxylic acid groups (broad SMARTS) is 1.